The second kappa shape index (κ2) is 9.88. The zero-order chi connectivity index (χ0) is 25.0. The summed E-state index contributed by atoms with van der Waals surface area (Å²) in [5, 5.41) is 2.60. The minimum absolute atomic E-state index is 0.0378. The van der Waals surface area contributed by atoms with E-state index in [4.69, 9.17) is 9.47 Å². The standard InChI is InChI=1S/C25H20F3N3O4/c1-16-5-4-10-31-23(33)13-19(30-24(16)31)14-34-21-9-3-7-18(12-21)29-22(32)15-35-20-8-2-6-17(11-20)25(26,27)28/h2-13H,14-15H2,1H3,(H,29,32). The molecule has 1 amide bonds. The number of aromatic nitrogens is 2. The van der Waals surface area contributed by atoms with E-state index >= 15 is 0 Å². The maximum atomic E-state index is 12.8. The largest absolute Gasteiger partial charge is 0.487 e. The van der Waals surface area contributed by atoms with Crippen molar-refractivity contribution in [3.05, 3.63) is 100 Å². The molecule has 0 aliphatic heterocycles. The molecule has 0 aliphatic rings. The van der Waals surface area contributed by atoms with Crippen LogP contribution in [0, 0.1) is 6.92 Å². The third-order valence-electron chi connectivity index (χ3n) is 4.98. The van der Waals surface area contributed by atoms with Crippen molar-refractivity contribution in [3.8, 4) is 11.5 Å². The van der Waals surface area contributed by atoms with Crippen molar-refractivity contribution in [2.45, 2.75) is 19.7 Å². The Morgan fingerprint density at radius 3 is 2.51 bits per heavy atom. The average molecular weight is 483 g/mol. The van der Waals surface area contributed by atoms with Crippen LogP contribution in [0.1, 0.15) is 16.8 Å². The van der Waals surface area contributed by atoms with Gasteiger partial charge in [0.15, 0.2) is 6.61 Å². The number of rotatable bonds is 7. The number of nitrogens with one attached hydrogen (secondary N) is 1. The van der Waals surface area contributed by atoms with Crippen molar-refractivity contribution in [3.63, 3.8) is 0 Å². The van der Waals surface area contributed by atoms with E-state index in [1.807, 2.05) is 13.0 Å². The van der Waals surface area contributed by atoms with Gasteiger partial charge in [-0.3, -0.25) is 14.0 Å². The van der Waals surface area contributed by atoms with Gasteiger partial charge in [-0.25, -0.2) is 4.98 Å². The van der Waals surface area contributed by atoms with E-state index in [9.17, 15) is 22.8 Å². The number of anilines is 1. The molecule has 10 heteroatoms. The summed E-state index contributed by atoms with van der Waals surface area (Å²) in [4.78, 5) is 29.0. The Labute approximate surface area is 197 Å². The van der Waals surface area contributed by atoms with Gasteiger partial charge in [0, 0.05) is 24.0 Å². The van der Waals surface area contributed by atoms with Gasteiger partial charge < -0.3 is 14.8 Å². The highest BCUT2D eigenvalue weighted by molar-refractivity contribution is 5.92. The number of nitrogens with zero attached hydrogens (tertiary/aromatic N) is 2. The zero-order valence-electron chi connectivity index (χ0n) is 18.5. The topological polar surface area (TPSA) is 81.9 Å². The Hall–Kier alpha value is -4.34. The molecule has 0 unspecified atom stereocenters. The number of aryl methyl sites for hydroxylation is 1. The van der Waals surface area contributed by atoms with Gasteiger partial charge in [0.05, 0.1) is 11.3 Å². The highest BCUT2D eigenvalue weighted by Gasteiger charge is 2.30. The fraction of sp³-hybridized carbons (Fsp3) is 0.160. The lowest BCUT2D eigenvalue weighted by Gasteiger charge is -2.11. The normalized spacial score (nSPS) is 11.3. The minimum Gasteiger partial charge on any atom is -0.487 e. The Morgan fingerprint density at radius 2 is 1.74 bits per heavy atom. The number of benzene rings is 2. The van der Waals surface area contributed by atoms with Crippen molar-refractivity contribution < 1.29 is 27.4 Å². The van der Waals surface area contributed by atoms with Crippen molar-refractivity contribution in [1.29, 1.82) is 0 Å². The highest BCUT2D eigenvalue weighted by atomic mass is 19.4. The number of hydrogen-bond acceptors (Lipinski definition) is 5. The van der Waals surface area contributed by atoms with Gasteiger partial charge in [0.25, 0.3) is 11.5 Å². The summed E-state index contributed by atoms with van der Waals surface area (Å²) in [6.07, 6.45) is -2.86. The van der Waals surface area contributed by atoms with Gasteiger partial charge >= 0.3 is 6.18 Å². The molecule has 35 heavy (non-hydrogen) atoms. The first-order valence-electron chi connectivity index (χ1n) is 10.5. The van der Waals surface area contributed by atoms with Gasteiger partial charge in [0.1, 0.15) is 23.8 Å². The van der Waals surface area contributed by atoms with Crippen LogP contribution in [-0.2, 0) is 17.6 Å². The van der Waals surface area contributed by atoms with E-state index in [1.54, 1.807) is 36.5 Å². The van der Waals surface area contributed by atoms with Crippen LogP contribution in [-0.4, -0.2) is 21.9 Å². The van der Waals surface area contributed by atoms with Gasteiger partial charge in [0.2, 0.25) is 0 Å². The first kappa shape index (κ1) is 23.8. The smallest absolute Gasteiger partial charge is 0.416 e. The second-order valence-electron chi connectivity index (χ2n) is 7.65. The molecule has 0 spiro atoms. The molecule has 0 radical (unpaired) electrons. The number of alkyl halides is 3. The number of amides is 1. The molecule has 0 bridgehead atoms. The predicted molar refractivity (Wildman–Crippen MR) is 123 cm³/mol. The molecule has 0 fully saturated rings. The van der Waals surface area contributed by atoms with Crippen LogP contribution in [0.5, 0.6) is 11.5 Å². The van der Waals surface area contributed by atoms with E-state index in [-0.39, 0.29) is 17.9 Å². The molecular weight excluding hydrogens is 463 g/mol. The third-order valence-corrected chi connectivity index (χ3v) is 4.98. The predicted octanol–water partition coefficient (Wildman–Crippen LogP) is 4.62. The lowest BCUT2D eigenvalue weighted by Crippen LogP contribution is -2.20. The van der Waals surface area contributed by atoms with E-state index in [0.717, 1.165) is 17.7 Å². The first-order valence-corrected chi connectivity index (χ1v) is 10.5. The summed E-state index contributed by atoms with van der Waals surface area (Å²) >= 11 is 0. The molecule has 0 atom stereocenters. The average Bonchev–Trinajstić information content (AvgIpc) is 2.82. The molecule has 2 heterocycles. The summed E-state index contributed by atoms with van der Waals surface area (Å²) in [7, 11) is 0. The lowest BCUT2D eigenvalue weighted by molar-refractivity contribution is -0.137. The number of fused-ring (bicyclic) bond motifs is 1. The molecule has 0 aliphatic carbocycles. The molecule has 4 rings (SSSR count). The Morgan fingerprint density at radius 1 is 1.00 bits per heavy atom. The SMILES string of the molecule is Cc1cccn2c(=O)cc(COc3cccc(NC(=O)COc4cccc(C(F)(F)F)c4)c3)nc12. The van der Waals surface area contributed by atoms with Crippen LogP contribution in [0.25, 0.3) is 5.65 Å². The van der Waals surface area contributed by atoms with Crippen LogP contribution in [0.15, 0.2) is 77.7 Å². The molecule has 0 saturated carbocycles. The third kappa shape index (κ3) is 5.97. The quantitative estimate of drug-likeness (QED) is 0.415. The van der Waals surface area contributed by atoms with Crippen molar-refractivity contribution in [1.82, 2.24) is 9.38 Å². The number of carbonyl (C=O) groups is 1. The molecular formula is C25H20F3N3O4. The molecule has 2 aromatic carbocycles. The number of pyridine rings is 1. The maximum absolute atomic E-state index is 12.8. The van der Waals surface area contributed by atoms with Crippen molar-refractivity contribution in [2.75, 3.05) is 11.9 Å². The number of halogens is 3. The Bertz CT molecular complexity index is 1430. The summed E-state index contributed by atoms with van der Waals surface area (Å²) in [6, 6.07) is 15.8. The van der Waals surface area contributed by atoms with E-state index in [1.165, 1.54) is 22.6 Å². The minimum atomic E-state index is -4.50. The van der Waals surface area contributed by atoms with Gasteiger partial charge in [-0.05, 0) is 48.9 Å². The fourth-order valence-electron chi connectivity index (χ4n) is 3.31. The summed E-state index contributed by atoms with van der Waals surface area (Å²) in [5.41, 5.74) is 1.16. The van der Waals surface area contributed by atoms with Crippen molar-refractivity contribution in [2.24, 2.45) is 0 Å². The highest BCUT2D eigenvalue weighted by Crippen LogP contribution is 2.31. The van der Waals surface area contributed by atoms with Crippen LogP contribution >= 0.6 is 0 Å². The van der Waals surface area contributed by atoms with Crippen LogP contribution in [0.2, 0.25) is 0 Å². The maximum Gasteiger partial charge on any atom is 0.416 e. The van der Waals surface area contributed by atoms with Crippen LogP contribution in [0.3, 0.4) is 0 Å². The Balaban J connectivity index is 1.36. The zero-order valence-corrected chi connectivity index (χ0v) is 18.5. The van der Waals surface area contributed by atoms with E-state index in [0.29, 0.717) is 22.8 Å². The van der Waals surface area contributed by atoms with Gasteiger partial charge in [-0.15, -0.1) is 0 Å². The second-order valence-corrected chi connectivity index (χ2v) is 7.65. The number of ether oxygens (including phenoxy) is 2. The lowest BCUT2D eigenvalue weighted by atomic mass is 10.2. The van der Waals surface area contributed by atoms with Gasteiger partial charge in [-0.1, -0.05) is 18.2 Å². The summed E-state index contributed by atoms with van der Waals surface area (Å²) in [6.45, 7) is 1.42. The van der Waals surface area contributed by atoms with E-state index in [2.05, 4.69) is 10.3 Å². The molecule has 4 aromatic rings. The molecule has 0 saturated heterocycles. The van der Waals surface area contributed by atoms with E-state index < -0.39 is 24.3 Å². The Kier molecular flexibility index (Phi) is 6.72. The van der Waals surface area contributed by atoms with Crippen molar-refractivity contribution >= 4 is 17.2 Å². The number of hydrogen-bond donors (Lipinski definition) is 1. The monoisotopic (exact) mass is 483 g/mol. The van der Waals surface area contributed by atoms with Crippen LogP contribution in [0.4, 0.5) is 18.9 Å². The summed E-state index contributed by atoms with van der Waals surface area (Å²) < 4.78 is 50.8. The van der Waals surface area contributed by atoms with Gasteiger partial charge in [-0.2, -0.15) is 13.2 Å². The number of carbonyl (C=O) groups excluding carboxylic acids is 1. The molecule has 7 nitrogen and oxygen atoms in total. The molecule has 180 valence electrons. The molecule has 2 aromatic heterocycles. The summed E-state index contributed by atoms with van der Waals surface area (Å²) in [5.74, 6) is -0.200. The molecule has 1 N–H and O–H groups in total. The fourth-order valence-corrected chi connectivity index (χ4v) is 3.31. The first-order chi connectivity index (χ1) is 16.7. The van der Waals surface area contributed by atoms with Crippen LogP contribution < -0.4 is 20.3 Å².